The standard InChI is InChI=1S/C6H10F2O/c1-6(2,4-9)3-5(7)8/h4-5H,3H2,1-2H3. The highest BCUT2D eigenvalue weighted by molar-refractivity contribution is 5.57. The monoisotopic (exact) mass is 136 g/mol. The number of aldehydes is 1. The minimum atomic E-state index is -2.38. The fraction of sp³-hybridized carbons (Fsp3) is 0.833. The summed E-state index contributed by atoms with van der Waals surface area (Å²) >= 11 is 0. The van der Waals surface area contributed by atoms with Crippen LogP contribution in [0, 0.1) is 5.41 Å². The lowest BCUT2D eigenvalue weighted by molar-refractivity contribution is -0.116. The molecule has 0 rings (SSSR count). The van der Waals surface area contributed by atoms with Crippen molar-refractivity contribution in [3.05, 3.63) is 0 Å². The lowest BCUT2D eigenvalue weighted by Crippen LogP contribution is -2.16. The lowest BCUT2D eigenvalue weighted by atomic mass is 9.92. The number of halogens is 2. The van der Waals surface area contributed by atoms with Crippen LogP contribution in [0.15, 0.2) is 0 Å². The van der Waals surface area contributed by atoms with Gasteiger partial charge in [-0.1, -0.05) is 13.8 Å². The summed E-state index contributed by atoms with van der Waals surface area (Å²) in [7, 11) is 0. The highest BCUT2D eigenvalue weighted by Gasteiger charge is 2.21. The second-order valence-corrected chi connectivity index (χ2v) is 2.70. The Labute approximate surface area is 53.1 Å². The Morgan fingerprint density at radius 3 is 2.11 bits per heavy atom. The normalized spacial score (nSPS) is 12.1. The molecule has 0 N–H and O–H groups in total. The summed E-state index contributed by atoms with van der Waals surface area (Å²) in [4.78, 5) is 10.0. The highest BCUT2D eigenvalue weighted by atomic mass is 19.3. The molecule has 0 aliphatic rings. The maximum Gasteiger partial charge on any atom is 0.239 e. The molecule has 0 aromatic carbocycles. The van der Waals surface area contributed by atoms with E-state index in [0.29, 0.717) is 6.29 Å². The summed E-state index contributed by atoms with van der Waals surface area (Å²) in [5.74, 6) is 0. The van der Waals surface area contributed by atoms with Crippen molar-refractivity contribution < 1.29 is 13.6 Å². The van der Waals surface area contributed by atoms with Crippen LogP contribution in [0.5, 0.6) is 0 Å². The Morgan fingerprint density at radius 1 is 1.56 bits per heavy atom. The number of hydrogen-bond donors (Lipinski definition) is 0. The van der Waals surface area contributed by atoms with Gasteiger partial charge in [-0.25, -0.2) is 8.78 Å². The number of hydrogen-bond acceptors (Lipinski definition) is 1. The van der Waals surface area contributed by atoms with Gasteiger partial charge in [0.25, 0.3) is 0 Å². The van der Waals surface area contributed by atoms with Gasteiger partial charge in [0.05, 0.1) is 0 Å². The molecule has 9 heavy (non-hydrogen) atoms. The fourth-order valence-electron chi connectivity index (χ4n) is 0.446. The van der Waals surface area contributed by atoms with Crippen molar-refractivity contribution in [3.63, 3.8) is 0 Å². The number of carbonyl (C=O) groups is 1. The van der Waals surface area contributed by atoms with Gasteiger partial charge in [-0.2, -0.15) is 0 Å². The van der Waals surface area contributed by atoms with Crippen molar-refractivity contribution in [2.45, 2.75) is 26.7 Å². The van der Waals surface area contributed by atoms with Crippen LogP contribution >= 0.6 is 0 Å². The fourth-order valence-corrected chi connectivity index (χ4v) is 0.446. The van der Waals surface area contributed by atoms with E-state index in [2.05, 4.69) is 0 Å². The molecular formula is C6H10F2O. The first-order valence-corrected chi connectivity index (χ1v) is 2.72. The first-order valence-electron chi connectivity index (χ1n) is 2.72. The summed E-state index contributed by atoms with van der Waals surface area (Å²) in [5.41, 5.74) is -0.867. The number of alkyl halides is 2. The van der Waals surface area contributed by atoms with E-state index in [1.54, 1.807) is 0 Å². The van der Waals surface area contributed by atoms with Gasteiger partial charge < -0.3 is 4.79 Å². The van der Waals surface area contributed by atoms with Crippen molar-refractivity contribution in [2.24, 2.45) is 5.41 Å². The maximum atomic E-state index is 11.6. The predicted octanol–water partition coefficient (Wildman–Crippen LogP) is 1.87. The zero-order chi connectivity index (χ0) is 7.49. The zero-order valence-corrected chi connectivity index (χ0v) is 5.53. The van der Waals surface area contributed by atoms with Crippen molar-refractivity contribution in [1.29, 1.82) is 0 Å². The molecule has 0 aliphatic carbocycles. The molecule has 0 unspecified atom stereocenters. The first kappa shape index (κ1) is 8.53. The summed E-state index contributed by atoms with van der Waals surface area (Å²) in [6.45, 7) is 2.98. The molecule has 0 bridgehead atoms. The summed E-state index contributed by atoms with van der Waals surface area (Å²) in [6, 6.07) is 0. The third-order valence-corrected chi connectivity index (χ3v) is 0.999. The molecule has 1 nitrogen and oxygen atoms in total. The van der Waals surface area contributed by atoms with Gasteiger partial charge in [0.2, 0.25) is 6.43 Å². The average Bonchev–Trinajstić information content (AvgIpc) is 1.63. The Kier molecular flexibility index (Phi) is 2.74. The Balaban J connectivity index is 3.71. The van der Waals surface area contributed by atoms with Crippen molar-refractivity contribution in [2.75, 3.05) is 0 Å². The maximum absolute atomic E-state index is 11.6. The van der Waals surface area contributed by atoms with Crippen LogP contribution in [0.2, 0.25) is 0 Å². The predicted molar refractivity (Wildman–Crippen MR) is 30.5 cm³/mol. The average molecular weight is 136 g/mol. The zero-order valence-electron chi connectivity index (χ0n) is 5.53. The SMILES string of the molecule is CC(C)(C=O)CC(F)F. The van der Waals surface area contributed by atoms with Gasteiger partial charge in [-0.3, -0.25) is 0 Å². The van der Waals surface area contributed by atoms with E-state index in [4.69, 9.17) is 0 Å². The quantitative estimate of drug-likeness (QED) is 0.541. The molecule has 54 valence electrons. The summed E-state index contributed by atoms with van der Waals surface area (Å²) in [5, 5.41) is 0. The first-order chi connectivity index (χ1) is 3.98. The smallest absolute Gasteiger partial charge is 0.239 e. The molecule has 0 heterocycles. The minimum absolute atomic E-state index is 0.351. The van der Waals surface area contributed by atoms with Gasteiger partial charge in [-0.05, 0) is 0 Å². The Bertz CT molecular complexity index is 99.2. The lowest BCUT2D eigenvalue weighted by Gasteiger charge is -2.14. The van der Waals surface area contributed by atoms with Gasteiger partial charge in [0, 0.05) is 11.8 Å². The van der Waals surface area contributed by atoms with E-state index in [9.17, 15) is 13.6 Å². The highest BCUT2D eigenvalue weighted by Crippen LogP contribution is 2.20. The molecule has 0 spiro atoms. The van der Waals surface area contributed by atoms with Crippen molar-refractivity contribution >= 4 is 6.29 Å². The number of carbonyl (C=O) groups excluding carboxylic acids is 1. The molecule has 0 atom stereocenters. The van der Waals surface area contributed by atoms with Crippen LogP contribution < -0.4 is 0 Å². The van der Waals surface area contributed by atoms with Crippen LogP contribution in [0.1, 0.15) is 20.3 Å². The molecule has 3 heteroatoms. The Hall–Kier alpha value is -0.470. The molecule has 0 aliphatic heterocycles. The van der Waals surface area contributed by atoms with Crippen molar-refractivity contribution in [3.8, 4) is 0 Å². The van der Waals surface area contributed by atoms with Crippen LogP contribution in [-0.2, 0) is 4.79 Å². The molecule has 0 radical (unpaired) electrons. The Morgan fingerprint density at radius 2 is 2.00 bits per heavy atom. The molecule has 0 aromatic rings. The van der Waals surface area contributed by atoms with Gasteiger partial charge in [0.15, 0.2) is 0 Å². The van der Waals surface area contributed by atoms with E-state index in [-0.39, 0.29) is 6.42 Å². The third kappa shape index (κ3) is 4.06. The minimum Gasteiger partial charge on any atom is -0.303 e. The topological polar surface area (TPSA) is 17.1 Å². The summed E-state index contributed by atoms with van der Waals surface area (Å²) < 4.78 is 23.1. The molecule has 0 fully saturated rings. The molecule has 0 saturated heterocycles. The second kappa shape index (κ2) is 2.90. The molecular weight excluding hydrogens is 126 g/mol. The van der Waals surface area contributed by atoms with E-state index < -0.39 is 11.8 Å². The van der Waals surface area contributed by atoms with Crippen LogP contribution in [0.4, 0.5) is 8.78 Å². The van der Waals surface area contributed by atoms with Crippen LogP contribution in [0.3, 0.4) is 0 Å². The van der Waals surface area contributed by atoms with Crippen LogP contribution in [-0.4, -0.2) is 12.7 Å². The van der Waals surface area contributed by atoms with Gasteiger partial charge >= 0.3 is 0 Å². The van der Waals surface area contributed by atoms with E-state index in [0.717, 1.165) is 0 Å². The van der Waals surface area contributed by atoms with Gasteiger partial charge in [-0.15, -0.1) is 0 Å². The number of rotatable bonds is 3. The third-order valence-electron chi connectivity index (χ3n) is 0.999. The largest absolute Gasteiger partial charge is 0.303 e. The molecule has 0 amide bonds. The van der Waals surface area contributed by atoms with Gasteiger partial charge in [0.1, 0.15) is 6.29 Å². The summed E-state index contributed by atoms with van der Waals surface area (Å²) in [6.07, 6.45) is -2.18. The van der Waals surface area contributed by atoms with Crippen LogP contribution in [0.25, 0.3) is 0 Å². The van der Waals surface area contributed by atoms with Crippen molar-refractivity contribution in [1.82, 2.24) is 0 Å². The van der Waals surface area contributed by atoms with E-state index in [1.165, 1.54) is 13.8 Å². The second-order valence-electron chi connectivity index (χ2n) is 2.70. The molecule has 0 aromatic heterocycles. The van der Waals surface area contributed by atoms with E-state index in [1.807, 2.05) is 0 Å². The molecule has 0 saturated carbocycles. The van der Waals surface area contributed by atoms with E-state index >= 15 is 0 Å².